The first kappa shape index (κ1) is 9.92. The van der Waals surface area contributed by atoms with E-state index in [9.17, 15) is 0 Å². The van der Waals surface area contributed by atoms with Crippen molar-refractivity contribution in [1.82, 2.24) is 14.6 Å². The van der Waals surface area contributed by atoms with Crippen LogP contribution in [0.2, 0.25) is 0 Å². The van der Waals surface area contributed by atoms with Gasteiger partial charge in [0.1, 0.15) is 5.82 Å². The predicted octanol–water partition coefficient (Wildman–Crippen LogP) is 0.514. The maximum absolute atomic E-state index is 5.47. The highest BCUT2D eigenvalue weighted by molar-refractivity contribution is 5.46. The second kappa shape index (κ2) is 4.27. The molecular formula is C10H15N5. The summed E-state index contributed by atoms with van der Waals surface area (Å²) in [6.45, 7) is 1.63. The molecule has 15 heavy (non-hydrogen) atoms. The summed E-state index contributed by atoms with van der Waals surface area (Å²) in [6.07, 6.45) is 4.63. The van der Waals surface area contributed by atoms with E-state index in [1.165, 1.54) is 0 Å². The van der Waals surface area contributed by atoms with Crippen LogP contribution in [0.5, 0.6) is 0 Å². The lowest BCUT2D eigenvalue weighted by Gasteiger charge is -2.17. The first-order valence-electron chi connectivity index (χ1n) is 5.03. The Hall–Kier alpha value is -1.62. The van der Waals surface area contributed by atoms with E-state index < -0.39 is 0 Å². The molecule has 0 saturated carbocycles. The number of nitrogens with zero attached hydrogens (tertiary/aromatic N) is 4. The van der Waals surface area contributed by atoms with Crippen molar-refractivity contribution in [2.45, 2.75) is 6.42 Å². The summed E-state index contributed by atoms with van der Waals surface area (Å²) in [7, 11) is 2.02. The first-order chi connectivity index (χ1) is 7.31. The Morgan fingerprint density at radius 2 is 2.33 bits per heavy atom. The summed E-state index contributed by atoms with van der Waals surface area (Å²) >= 11 is 0. The molecule has 0 fully saturated rings. The van der Waals surface area contributed by atoms with Crippen LogP contribution in [0.3, 0.4) is 0 Å². The van der Waals surface area contributed by atoms with Crippen molar-refractivity contribution in [2.24, 2.45) is 5.73 Å². The molecule has 2 aromatic rings. The molecule has 0 aliphatic rings. The molecule has 0 amide bonds. The van der Waals surface area contributed by atoms with Crippen molar-refractivity contribution in [2.75, 3.05) is 25.0 Å². The fraction of sp³-hybridized carbons (Fsp3) is 0.400. The first-order valence-corrected chi connectivity index (χ1v) is 5.03. The Morgan fingerprint density at radius 1 is 1.47 bits per heavy atom. The standard InChI is InChI=1S/C10H15N5/c1-14(7-2-5-11)9-4-8-15-10(13-9)3-6-12-15/h3-4,6,8H,2,5,7,11H2,1H3. The monoisotopic (exact) mass is 205 g/mol. The third kappa shape index (κ3) is 2.07. The van der Waals surface area contributed by atoms with E-state index in [4.69, 9.17) is 5.73 Å². The van der Waals surface area contributed by atoms with Crippen molar-refractivity contribution in [3.63, 3.8) is 0 Å². The fourth-order valence-corrected chi connectivity index (χ4v) is 1.46. The fourth-order valence-electron chi connectivity index (χ4n) is 1.46. The van der Waals surface area contributed by atoms with Crippen LogP contribution in [-0.2, 0) is 0 Å². The average Bonchev–Trinajstić information content (AvgIpc) is 2.72. The van der Waals surface area contributed by atoms with Crippen LogP contribution in [0, 0.1) is 0 Å². The van der Waals surface area contributed by atoms with Crippen molar-refractivity contribution >= 4 is 11.5 Å². The minimum absolute atomic E-state index is 0.708. The van der Waals surface area contributed by atoms with Gasteiger partial charge >= 0.3 is 0 Å². The van der Waals surface area contributed by atoms with E-state index in [0.717, 1.165) is 24.4 Å². The molecule has 0 aliphatic heterocycles. The van der Waals surface area contributed by atoms with Gasteiger partial charge < -0.3 is 10.6 Å². The molecule has 0 aromatic carbocycles. The van der Waals surface area contributed by atoms with Gasteiger partial charge in [-0.2, -0.15) is 5.10 Å². The van der Waals surface area contributed by atoms with Gasteiger partial charge in [-0.05, 0) is 19.0 Å². The van der Waals surface area contributed by atoms with Crippen molar-refractivity contribution < 1.29 is 0 Å². The third-order valence-electron chi connectivity index (χ3n) is 2.33. The smallest absolute Gasteiger partial charge is 0.157 e. The molecule has 2 rings (SSSR count). The lowest BCUT2D eigenvalue weighted by Crippen LogP contribution is -2.22. The molecule has 0 unspecified atom stereocenters. The van der Waals surface area contributed by atoms with Crippen LogP contribution in [0.25, 0.3) is 5.65 Å². The predicted molar refractivity (Wildman–Crippen MR) is 59.9 cm³/mol. The van der Waals surface area contributed by atoms with E-state index in [1.807, 2.05) is 25.4 Å². The van der Waals surface area contributed by atoms with Gasteiger partial charge in [-0.15, -0.1) is 0 Å². The Balaban J connectivity index is 2.19. The second-order valence-electron chi connectivity index (χ2n) is 3.48. The SMILES string of the molecule is CN(CCCN)c1ccn2nccc2n1. The molecule has 5 heteroatoms. The van der Waals surface area contributed by atoms with Crippen LogP contribution < -0.4 is 10.6 Å². The molecular weight excluding hydrogens is 190 g/mol. The van der Waals surface area contributed by atoms with Gasteiger partial charge in [-0.3, -0.25) is 0 Å². The lowest BCUT2D eigenvalue weighted by molar-refractivity contribution is 0.784. The highest BCUT2D eigenvalue weighted by Gasteiger charge is 2.03. The molecule has 0 saturated heterocycles. The van der Waals surface area contributed by atoms with E-state index in [0.29, 0.717) is 6.54 Å². The number of aromatic nitrogens is 3. The largest absolute Gasteiger partial charge is 0.360 e. The van der Waals surface area contributed by atoms with E-state index >= 15 is 0 Å². The maximum Gasteiger partial charge on any atom is 0.157 e. The minimum Gasteiger partial charge on any atom is -0.360 e. The van der Waals surface area contributed by atoms with Crippen molar-refractivity contribution in [3.8, 4) is 0 Å². The van der Waals surface area contributed by atoms with Gasteiger partial charge in [0.15, 0.2) is 5.65 Å². The highest BCUT2D eigenvalue weighted by atomic mass is 15.3. The van der Waals surface area contributed by atoms with E-state index in [1.54, 1.807) is 10.7 Å². The van der Waals surface area contributed by atoms with Crippen molar-refractivity contribution in [1.29, 1.82) is 0 Å². The van der Waals surface area contributed by atoms with Gasteiger partial charge in [-0.1, -0.05) is 0 Å². The van der Waals surface area contributed by atoms with Crippen LogP contribution in [0.15, 0.2) is 24.5 Å². The van der Waals surface area contributed by atoms with Crippen LogP contribution in [0.1, 0.15) is 6.42 Å². The average molecular weight is 205 g/mol. The summed E-state index contributed by atoms with van der Waals surface area (Å²) in [6, 6.07) is 3.84. The molecule has 2 aromatic heterocycles. The van der Waals surface area contributed by atoms with Crippen LogP contribution >= 0.6 is 0 Å². The maximum atomic E-state index is 5.47. The molecule has 0 radical (unpaired) electrons. The second-order valence-corrected chi connectivity index (χ2v) is 3.48. The lowest BCUT2D eigenvalue weighted by atomic mass is 10.4. The molecule has 0 atom stereocenters. The number of rotatable bonds is 4. The number of anilines is 1. The van der Waals surface area contributed by atoms with Crippen LogP contribution in [0.4, 0.5) is 5.82 Å². The Bertz CT molecular complexity index is 436. The number of fused-ring (bicyclic) bond motifs is 1. The molecule has 0 bridgehead atoms. The highest BCUT2D eigenvalue weighted by Crippen LogP contribution is 2.10. The quantitative estimate of drug-likeness (QED) is 0.790. The molecule has 2 N–H and O–H groups in total. The van der Waals surface area contributed by atoms with Crippen LogP contribution in [-0.4, -0.2) is 34.7 Å². The van der Waals surface area contributed by atoms with Gasteiger partial charge in [-0.25, -0.2) is 9.50 Å². The number of hydrogen-bond donors (Lipinski definition) is 1. The number of hydrogen-bond acceptors (Lipinski definition) is 4. The molecule has 0 aliphatic carbocycles. The third-order valence-corrected chi connectivity index (χ3v) is 2.33. The molecule has 80 valence electrons. The van der Waals surface area contributed by atoms with Gasteiger partial charge in [0.05, 0.1) is 6.20 Å². The summed E-state index contributed by atoms with van der Waals surface area (Å²) < 4.78 is 1.75. The zero-order valence-corrected chi connectivity index (χ0v) is 8.80. The minimum atomic E-state index is 0.708. The summed E-state index contributed by atoms with van der Waals surface area (Å²) in [4.78, 5) is 6.57. The van der Waals surface area contributed by atoms with Gasteiger partial charge in [0.25, 0.3) is 0 Å². The molecule has 2 heterocycles. The van der Waals surface area contributed by atoms with Gasteiger partial charge in [0.2, 0.25) is 0 Å². The van der Waals surface area contributed by atoms with Crippen molar-refractivity contribution in [3.05, 3.63) is 24.5 Å². The summed E-state index contributed by atoms with van der Waals surface area (Å²) in [5.74, 6) is 0.955. The normalized spacial score (nSPS) is 10.8. The van der Waals surface area contributed by atoms with E-state index in [-0.39, 0.29) is 0 Å². The Labute approximate surface area is 88.5 Å². The summed E-state index contributed by atoms with van der Waals surface area (Å²) in [5, 5.41) is 4.10. The van der Waals surface area contributed by atoms with Gasteiger partial charge in [0, 0.05) is 25.9 Å². The zero-order chi connectivity index (χ0) is 10.7. The Kier molecular flexibility index (Phi) is 2.82. The number of nitrogens with two attached hydrogens (primary N) is 1. The topological polar surface area (TPSA) is 59.5 Å². The molecule has 5 nitrogen and oxygen atoms in total. The zero-order valence-electron chi connectivity index (χ0n) is 8.80. The molecule has 0 spiro atoms. The summed E-state index contributed by atoms with van der Waals surface area (Å²) in [5.41, 5.74) is 6.34. The Morgan fingerprint density at radius 3 is 3.13 bits per heavy atom. The van der Waals surface area contributed by atoms with E-state index in [2.05, 4.69) is 15.0 Å².